The van der Waals surface area contributed by atoms with Gasteiger partial charge in [-0.1, -0.05) is 25.7 Å². The lowest BCUT2D eigenvalue weighted by Gasteiger charge is -2.14. The van der Waals surface area contributed by atoms with Gasteiger partial charge < -0.3 is 4.90 Å². The molecule has 0 saturated carbocycles. The van der Waals surface area contributed by atoms with Gasteiger partial charge in [-0.2, -0.15) is 0 Å². The van der Waals surface area contributed by atoms with Crippen LogP contribution in [0.3, 0.4) is 0 Å². The van der Waals surface area contributed by atoms with E-state index >= 15 is 0 Å². The van der Waals surface area contributed by atoms with E-state index in [9.17, 15) is 4.79 Å². The molecule has 0 N–H and O–H groups in total. The van der Waals surface area contributed by atoms with Gasteiger partial charge in [0.15, 0.2) is 0 Å². The van der Waals surface area contributed by atoms with Crippen LogP contribution in [0.1, 0.15) is 38.5 Å². The molecule has 1 amide bonds. The maximum Gasteiger partial charge on any atom is 0.209 e. The van der Waals surface area contributed by atoms with Gasteiger partial charge in [0.1, 0.15) is 0 Å². The van der Waals surface area contributed by atoms with Crippen LogP contribution in [-0.4, -0.2) is 24.4 Å². The summed E-state index contributed by atoms with van der Waals surface area (Å²) in [6.07, 6.45) is 8.68. The Balaban J connectivity index is 2.24. The van der Waals surface area contributed by atoms with Crippen LogP contribution in [0.25, 0.3) is 0 Å². The zero-order chi connectivity index (χ0) is 7.94. The van der Waals surface area contributed by atoms with Crippen LogP contribution in [0, 0.1) is 0 Å². The summed E-state index contributed by atoms with van der Waals surface area (Å²) in [6, 6.07) is 0. The molecule has 11 heavy (non-hydrogen) atoms. The van der Waals surface area contributed by atoms with E-state index in [1.807, 2.05) is 4.90 Å². The zero-order valence-electron chi connectivity index (χ0n) is 7.09. The zero-order valence-corrected chi connectivity index (χ0v) is 7.09. The Kier molecular flexibility index (Phi) is 4.02. The lowest BCUT2D eigenvalue weighted by atomic mass is 10.1. The van der Waals surface area contributed by atoms with Crippen LogP contribution in [0.2, 0.25) is 0 Å². The Morgan fingerprint density at radius 3 is 1.73 bits per heavy atom. The van der Waals surface area contributed by atoms with Gasteiger partial charge in [-0.3, -0.25) is 4.79 Å². The number of carbonyl (C=O) groups excluding carboxylic acids is 1. The quantitative estimate of drug-likeness (QED) is 0.529. The fourth-order valence-corrected chi connectivity index (χ4v) is 1.55. The van der Waals surface area contributed by atoms with Gasteiger partial charge in [-0.25, -0.2) is 0 Å². The summed E-state index contributed by atoms with van der Waals surface area (Å²) in [6.45, 7) is 1.95. The number of nitrogens with zero attached hydrogens (tertiary/aromatic N) is 1. The van der Waals surface area contributed by atoms with Crippen molar-refractivity contribution in [1.29, 1.82) is 0 Å². The number of carbonyl (C=O) groups is 1. The minimum Gasteiger partial charge on any atom is -0.345 e. The summed E-state index contributed by atoms with van der Waals surface area (Å²) < 4.78 is 0. The van der Waals surface area contributed by atoms with Gasteiger partial charge in [-0.05, 0) is 12.8 Å². The van der Waals surface area contributed by atoms with Crippen molar-refractivity contribution in [3.05, 3.63) is 0 Å². The van der Waals surface area contributed by atoms with Crippen LogP contribution >= 0.6 is 0 Å². The Hall–Kier alpha value is -0.530. The SMILES string of the molecule is O=CN1CCCCCCCC1. The molecule has 64 valence electrons. The van der Waals surface area contributed by atoms with Crippen molar-refractivity contribution in [1.82, 2.24) is 4.90 Å². The maximum absolute atomic E-state index is 10.5. The highest BCUT2D eigenvalue weighted by molar-refractivity contribution is 5.46. The third-order valence-corrected chi connectivity index (χ3v) is 2.29. The van der Waals surface area contributed by atoms with E-state index in [0.717, 1.165) is 19.5 Å². The molecule has 0 bridgehead atoms. The summed E-state index contributed by atoms with van der Waals surface area (Å²) in [5.41, 5.74) is 0. The molecule has 1 saturated heterocycles. The van der Waals surface area contributed by atoms with Crippen LogP contribution < -0.4 is 0 Å². The average Bonchev–Trinajstić information content (AvgIpc) is 2.16. The third-order valence-electron chi connectivity index (χ3n) is 2.29. The third kappa shape index (κ3) is 3.40. The Labute approximate surface area is 68.6 Å². The first-order valence-electron chi connectivity index (χ1n) is 4.63. The first-order valence-corrected chi connectivity index (χ1v) is 4.63. The van der Waals surface area contributed by atoms with Crippen molar-refractivity contribution in [2.45, 2.75) is 38.5 Å². The summed E-state index contributed by atoms with van der Waals surface area (Å²) >= 11 is 0. The molecule has 0 aliphatic carbocycles. The van der Waals surface area contributed by atoms with Crippen LogP contribution in [0.5, 0.6) is 0 Å². The molecule has 0 aromatic heterocycles. The fraction of sp³-hybridized carbons (Fsp3) is 0.889. The summed E-state index contributed by atoms with van der Waals surface area (Å²) in [7, 11) is 0. The molecular weight excluding hydrogens is 138 g/mol. The highest BCUT2D eigenvalue weighted by atomic mass is 16.1. The molecule has 2 nitrogen and oxygen atoms in total. The van der Waals surface area contributed by atoms with Crippen molar-refractivity contribution in [3.8, 4) is 0 Å². The molecule has 1 aliphatic rings. The van der Waals surface area contributed by atoms with Crippen molar-refractivity contribution in [2.75, 3.05) is 13.1 Å². The minimum atomic E-state index is 0.976. The predicted molar refractivity (Wildman–Crippen MR) is 45.3 cm³/mol. The summed E-state index contributed by atoms with van der Waals surface area (Å²) in [5, 5.41) is 0. The van der Waals surface area contributed by atoms with Crippen molar-refractivity contribution in [2.24, 2.45) is 0 Å². The molecule has 1 fully saturated rings. The second-order valence-electron chi connectivity index (χ2n) is 3.26. The molecule has 1 aliphatic heterocycles. The number of amides is 1. The molecule has 0 spiro atoms. The van der Waals surface area contributed by atoms with E-state index in [1.54, 1.807) is 0 Å². The smallest absolute Gasteiger partial charge is 0.209 e. The van der Waals surface area contributed by atoms with Gasteiger partial charge in [0, 0.05) is 13.1 Å². The van der Waals surface area contributed by atoms with Crippen LogP contribution in [-0.2, 0) is 4.79 Å². The highest BCUT2D eigenvalue weighted by Crippen LogP contribution is 2.09. The van der Waals surface area contributed by atoms with Crippen molar-refractivity contribution < 1.29 is 4.79 Å². The van der Waals surface area contributed by atoms with E-state index < -0.39 is 0 Å². The monoisotopic (exact) mass is 155 g/mol. The molecule has 0 unspecified atom stereocenters. The lowest BCUT2D eigenvalue weighted by Crippen LogP contribution is -2.23. The lowest BCUT2D eigenvalue weighted by molar-refractivity contribution is -0.118. The normalized spacial score (nSPS) is 21.6. The molecule has 1 rings (SSSR count). The topological polar surface area (TPSA) is 20.3 Å². The van der Waals surface area contributed by atoms with Crippen molar-refractivity contribution in [3.63, 3.8) is 0 Å². The first-order chi connectivity index (χ1) is 5.43. The van der Waals surface area contributed by atoms with E-state index in [-0.39, 0.29) is 0 Å². The van der Waals surface area contributed by atoms with Crippen LogP contribution in [0.15, 0.2) is 0 Å². The van der Waals surface area contributed by atoms with Crippen molar-refractivity contribution >= 4 is 6.41 Å². The van der Waals surface area contributed by atoms with Gasteiger partial charge >= 0.3 is 0 Å². The summed E-state index contributed by atoms with van der Waals surface area (Å²) in [4.78, 5) is 12.4. The van der Waals surface area contributed by atoms with E-state index in [2.05, 4.69) is 0 Å². The number of hydrogen-bond donors (Lipinski definition) is 0. The number of rotatable bonds is 1. The van der Waals surface area contributed by atoms with Gasteiger partial charge in [0.2, 0.25) is 6.41 Å². The second-order valence-corrected chi connectivity index (χ2v) is 3.26. The molecule has 0 aromatic carbocycles. The standard InChI is InChI=1S/C9H17NO/c11-9-10-7-5-3-1-2-4-6-8-10/h9H,1-8H2. The first kappa shape index (κ1) is 8.57. The van der Waals surface area contributed by atoms with Gasteiger partial charge in [0.05, 0.1) is 0 Å². The second kappa shape index (κ2) is 5.16. The fourth-order valence-electron chi connectivity index (χ4n) is 1.55. The largest absolute Gasteiger partial charge is 0.345 e. The van der Waals surface area contributed by atoms with Gasteiger partial charge in [0.25, 0.3) is 0 Å². The Morgan fingerprint density at radius 2 is 1.27 bits per heavy atom. The molecule has 2 heteroatoms. The minimum absolute atomic E-state index is 0.976. The molecule has 0 radical (unpaired) electrons. The van der Waals surface area contributed by atoms with E-state index in [0.29, 0.717) is 0 Å². The summed E-state index contributed by atoms with van der Waals surface area (Å²) in [5.74, 6) is 0. The van der Waals surface area contributed by atoms with Gasteiger partial charge in [-0.15, -0.1) is 0 Å². The Morgan fingerprint density at radius 1 is 0.818 bits per heavy atom. The van der Waals surface area contributed by atoms with E-state index in [1.165, 1.54) is 38.5 Å². The van der Waals surface area contributed by atoms with E-state index in [4.69, 9.17) is 0 Å². The molecule has 0 aromatic rings. The Bertz CT molecular complexity index is 104. The maximum atomic E-state index is 10.5. The number of hydrogen-bond acceptors (Lipinski definition) is 1. The average molecular weight is 155 g/mol. The van der Waals surface area contributed by atoms with Crippen LogP contribution in [0.4, 0.5) is 0 Å². The molecule has 0 atom stereocenters. The molecular formula is C9H17NO. The highest BCUT2D eigenvalue weighted by Gasteiger charge is 2.03. The predicted octanol–water partition coefficient (Wildman–Crippen LogP) is 1.80. The molecule has 1 heterocycles.